The molecular formula is C7H9N5. The summed E-state index contributed by atoms with van der Waals surface area (Å²) in [5.74, 6) is 0. The van der Waals surface area contributed by atoms with Crippen LogP contribution in [0.1, 0.15) is 0 Å². The fraction of sp³-hybridized carbons (Fsp3) is 0.286. The lowest BCUT2D eigenvalue weighted by atomic mass is 10.4. The summed E-state index contributed by atoms with van der Waals surface area (Å²) in [6, 6.07) is 3.80. The number of aromatic nitrogens is 4. The van der Waals surface area contributed by atoms with Crippen LogP contribution in [0.2, 0.25) is 0 Å². The van der Waals surface area contributed by atoms with Gasteiger partial charge in [-0.25, -0.2) is 4.98 Å². The number of rotatable bonds is 1. The summed E-state index contributed by atoms with van der Waals surface area (Å²) < 4.78 is 0. The number of pyridine rings is 1. The monoisotopic (exact) mass is 163 g/mol. The van der Waals surface area contributed by atoms with Crippen LogP contribution in [0, 0.1) is 0 Å². The molecule has 62 valence electrons. The lowest BCUT2D eigenvalue weighted by Gasteiger charge is -2.10. The van der Waals surface area contributed by atoms with E-state index in [4.69, 9.17) is 0 Å². The van der Waals surface area contributed by atoms with E-state index in [1.54, 1.807) is 11.0 Å². The van der Waals surface area contributed by atoms with Gasteiger partial charge in [-0.05, 0) is 17.3 Å². The first-order valence-corrected chi connectivity index (χ1v) is 3.63. The van der Waals surface area contributed by atoms with Crippen LogP contribution in [0.15, 0.2) is 18.3 Å². The number of nitrogens with zero attached hydrogens (tertiary/aromatic N) is 5. The number of fused-ring (bicyclic) bond motifs is 1. The van der Waals surface area contributed by atoms with Gasteiger partial charge in [0.05, 0.1) is 0 Å². The van der Waals surface area contributed by atoms with E-state index in [0.29, 0.717) is 5.65 Å². The van der Waals surface area contributed by atoms with Crippen molar-refractivity contribution in [1.29, 1.82) is 0 Å². The van der Waals surface area contributed by atoms with Crippen molar-refractivity contribution in [2.24, 2.45) is 0 Å². The van der Waals surface area contributed by atoms with Gasteiger partial charge in [0, 0.05) is 20.3 Å². The van der Waals surface area contributed by atoms with Crippen LogP contribution in [-0.2, 0) is 0 Å². The van der Waals surface area contributed by atoms with Crippen molar-refractivity contribution >= 4 is 11.2 Å². The molecule has 5 nitrogen and oxygen atoms in total. The first-order chi connectivity index (χ1) is 5.79. The molecule has 0 amide bonds. The van der Waals surface area contributed by atoms with Crippen LogP contribution < -0.4 is 5.01 Å². The smallest absolute Gasteiger partial charge is 0.204 e. The Balaban J connectivity index is 2.70. The van der Waals surface area contributed by atoms with Gasteiger partial charge in [-0.15, -0.1) is 5.10 Å². The minimum Gasteiger partial charge on any atom is -0.301 e. The van der Waals surface area contributed by atoms with Crippen LogP contribution in [0.3, 0.4) is 0 Å². The molecule has 0 radical (unpaired) electrons. The summed E-state index contributed by atoms with van der Waals surface area (Å²) in [6.07, 6.45) is 1.71. The maximum atomic E-state index is 4.06. The molecule has 0 fully saturated rings. The normalized spacial score (nSPS) is 10.5. The van der Waals surface area contributed by atoms with Crippen LogP contribution in [0.5, 0.6) is 0 Å². The van der Waals surface area contributed by atoms with Crippen LogP contribution >= 0.6 is 0 Å². The fourth-order valence-corrected chi connectivity index (χ4v) is 1.05. The van der Waals surface area contributed by atoms with E-state index in [1.807, 2.05) is 31.2 Å². The zero-order valence-corrected chi connectivity index (χ0v) is 6.97. The highest BCUT2D eigenvalue weighted by atomic mass is 15.7. The van der Waals surface area contributed by atoms with Crippen molar-refractivity contribution in [3.63, 3.8) is 0 Å². The minimum atomic E-state index is 0.672. The van der Waals surface area contributed by atoms with Gasteiger partial charge in [-0.1, -0.05) is 0 Å². The molecule has 0 atom stereocenters. The van der Waals surface area contributed by atoms with E-state index in [0.717, 1.165) is 5.52 Å². The second kappa shape index (κ2) is 2.44. The Labute approximate surface area is 69.6 Å². The summed E-state index contributed by atoms with van der Waals surface area (Å²) in [6.45, 7) is 0. The van der Waals surface area contributed by atoms with Crippen molar-refractivity contribution in [2.45, 2.75) is 0 Å². The molecule has 2 aromatic heterocycles. The lowest BCUT2D eigenvalue weighted by molar-refractivity contribution is 0.628. The summed E-state index contributed by atoms with van der Waals surface area (Å²) in [5, 5.41) is 9.67. The Morgan fingerprint density at radius 2 is 2.25 bits per heavy atom. The molecule has 0 spiro atoms. The standard InChI is InChI=1S/C7H9N5/c1-11(2)12-6-4-3-5-8-7(6)9-10-12/h3-5H,1-2H3. The Morgan fingerprint density at radius 1 is 1.42 bits per heavy atom. The molecule has 0 aliphatic heterocycles. The average molecular weight is 163 g/mol. The Bertz CT molecular complexity index is 391. The molecule has 2 rings (SSSR count). The van der Waals surface area contributed by atoms with Crippen molar-refractivity contribution in [3.05, 3.63) is 18.3 Å². The highest BCUT2D eigenvalue weighted by Crippen LogP contribution is 2.05. The largest absolute Gasteiger partial charge is 0.301 e. The molecule has 0 saturated heterocycles. The van der Waals surface area contributed by atoms with E-state index in [9.17, 15) is 0 Å². The van der Waals surface area contributed by atoms with Gasteiger partial charge in [0.1, 0.15) is 5.52 Å². The molecular weight excluding hydrogens is 154 g/mol. The van der Waals surface area contributed by atoms with Gasteiger partial charge in [0.15, 0.2) is 0 Å². The maximum Gasteiger partial charge on any atom is 0.204 e. The van der Waals surface area contributed by atoms with Gasteiger partial charge >= 0.3 is 0 Å². The van der Waals surface area contributed by atoms with Crippen LogP contribution in [0.4, 0.5) is 0 Å². The van der Waals surface area contributed by atoms with Gasteiger partial charge in [-0.2, -0.15) is 4.79 Å². The molecule has 0 aliphatic carbocycles. The van der Waals surface area contributed by atoms with E-state index in [1.165, 1.54) is 0 Å². The third-order valence-corrected chi connectivity index (χ3v) is 1.58. The zero-order chi connectivity index (χ0) is 8.55. The molecule has 0 saturated carbocycles. The van der Waals surface area contributed by atoms with Crippen molar-refractivity contribution in [1.82, 2.24) is 20.1 Å². The summed E-state index contributed by atoms with van der Waals surface area (Å²) >= 11 is 0. The van der Waals surface area contributed by atoms with Gasteiger partial charge in [0.25, 0.3) is 0 Å². The predicted molar refractivity (Wildman–Crippen MR) is 45.4 cm³/mol. The van der Waals surface area contributed by atoms with Crippen LogP contribution in [-0.4, -0.2) is 34.2 Å². The number of hydrogen-bond donors (Lipinski definition) is 0. The van der Waals surface area contributed by atoms with Crippen molar-refractivity contribution in [3.8, 4) is 0 Å². The van der Waals surface area contributed by atoms with E-state index < -0.39 is 0 Å². The summed E-state index contributed by atoms with van der Waals surface area (Å²) in [5.41, 5.74) is 1.59. The van der Waals surface area contributed by atoms with Crippen molar-refractivity contribution in [2.75, 3.05) is 19.1 Å². The van der Waals surface area contributed by atoms with E-state index in [-0.39, 0.29) is 0 Å². The Kier molecular flexibility index (Phi) is 1.43. The molecule has 2 heterocycles. The Morgan fingerprint density at radius 3 is 3.00 bits per heavy atom. The second-order valence-electron chi connectivity index (χ2n) is 2.67. The third kappa shape index (κ3) is 0.903. The van der Waals surface area contributed by atoms with E-state index >= 15 is 0 Å². The quantitative estimate of drug-likeness (QED) is 0.594. The average Bonchev–Trinajstić information content (AvgIpc) is 2.47. The molecule has 12 heavy (non-hydrogen) atoms. The number of hydrogen-bond acceptors (Lipinski definition) is 4. The molecule has 2 aromatic rings. The molecule has 5 heteroatoms. The zero-order valence-electron chi connectivity index (χ0n) is 6.97. The van der Waals surface area contributed by atoms with Gasteiger partial charge in [-0.3, -0.25) is 0 Å². The first-order valence-electron chi connectivity index (χ1n) is 3.63. The van der Waals surface area contributed by atoms with Crippen LogP contribution in [0.25, 0.3) is 11.2 Å². The van der Waals surface area contributed by atoms with Crippen molar-refractivity contribution < 1.29 is 0 Å². The minimum absolute atomic E-state index is 0.672. The summed E-state index contributed by atoms with van der Waals surface area (Å²) in [7, 11) is 3.81. The predicted octanol–water partition coefficient (Wildman–Crippen LogP) is 0.0239. The molecule has 0 aliphatic rings. The highest BCUT2D eigenvalue weighted by Gasteiger charge is 2.03. The Hall–Kier alpha value is -1.65. The molecule has 0 N–H and O–H groups in total. The molecule has 0 aromatic carbocycles. The second-order valence-corrected chi connectivity index (χ2v) is 2.67. The van der Waals surface area contributed by atoms with E-state index in [2.05, 4.69) is 15.3 Å². The third-order valence-electron chi connectivity index (χ3n) is 1.58. The fourth-order valence-electron chi connectivity index (χ4n) is 1.05. The lowest BCUT2D eigenvalue weighted by Crippen LogP contribution is -2.25. The molecule has 0 unspecified atom stereocenters. The topological polar surface area (TPSA) is 46.8 Å². The maximum absolute atomic E-state index is 4.06. The highest BCUT2D eigenvalue weighted by molar-refractivity contribution is 5.69. The van der Waals surface area contributed by atoms with Gasteiger partial charge < -0.3 is 5.01 Å². The SMILES string of the molecule is CN(C)n1nnc2ncccc21. The van der Waals surface area contributed by atoms with Gasteiger partial charge in [0.2, 0.25) is 5.65 Å². The summed E-state index contributed by atoms with van der Waals surface area (Å²) in [4.78, 5) is 5.76. The first kappa shape index (κ1) is 7.02. The molecule has 0 bridgehead atoms.